The average molecular weight is 586 g/mol. The van der Waals surface area contributed by atoms with E-state index < -0.39 is 28.6 Å². The van der Waals surface area contributed by atoms with Gasteiger partial charge in [-0.25, -0.2) is 8.42 Å². The molecule has 3 aromatic rings. The molecule has 0 bridgehead atoms. The van der Waals surface area contributed by atoms with Crippen LogP contribution in [0.1, 0.15) is 19.4 Å². The lowest BCUT2D eigenvalue weighted by molar-refractivity contribution is -0.128. The number of likely N-dealkylation sites (N-methyl/N-ethyl adjacent to an activating group) is 1. The number of rotatable bonds is 11. The van der Waals surface area contributed by atoms with E-state index >= 15 is 0 Å². The summed E-state index contributed by atoms with van der Waals surface area (Å²) in [6.45, 7) is 3.80. The lowest BCUT2D eigenvalue weighted by Crippen LogP contribution is -2.53. The lowest BCUT2D eigenvalue weighted by atomic mass is 10.1. The van der Waals surface area contributed by atoms with Crippen LogP contribution in [-0.4, -0.2) is 63.4 Å². The van der Waals surface area contributed by atoms with Crippen molar-refractivity contribution in [3.05, 3.63) is 83.4 Å². The van der Waals surface area contributed by atoms with Gasteiger partial charge in [0.2, 0.25) is 15.9 Å². The Morgan fingerprint density at radius 1 is 1.07 bits per heavy atom. The zero-order valence-corrected chi connectivity index (χ0v) is 24.0. The van der Waals surface area contributed by atoms with E-state index in [-0.39, 0.29) is 28.9 Å². The topological polar surface area (TPSA) is 105 Å². The van der Waals surface area contributed by atoms with Crippen LogP contribution in [0.5, 0.6) is 11.5 Å². The standard InChI is InChI=1S/C29H32ClN3O6S/c1-3-32(40(36,37)22-14-15-25(38-4-2)23(30)18-22)20-28(34)33-19-27(39-26-13-9-8-12-24(26)33)29(35)31-17-16-21-10-6-5-7-11-21/h5-15,18,27H,3-4,16-17,19-20H2,1-2H3,(H,31,35)/t27-/m1/s1. The first-order valence-corrected chi connectivity index (χ1v) is 14.9. The summed E-state index contributed by atoms with van der Waals surface area (Å²) in [5.74, 6) is -0.0951. The predicted molar refractivity (Wildman–Crippen MR) is 153 cm³/mol. The van der Waals surface area contributed by atoms with Crippen LogP contribution in [-0.2, 0) is 26.0 Å². The van der Waals surface area contributed by atoms with Crippen molar-refractivity contribution in [3.8, 4) is 11.5 Å². The van der Waals surface area contributed by atoms with Crippen LogP contribution in [0.15, 0.2) is 77.7 Å². The van der Waals surface area contributed by atoms with Gasteiger partial charge in [-0.1, -0.05) is 61.0 Å². The Morgan fingerprint density at radius 2 is 1.80 bits per heavy atom. The number of carbonyl (C=O) groups excluding carboxylic acids is 2. The van der Waals surface area contributed by atoms with Gasteiger partial charge in [0, 0.05) is 13.1 Å². The van der Waals surface area contributed by atoms with Crippen LogP contribution in [0, 0.1) is 0 Å². The number of carbonyl (C=O) groups is 2. The average Bonchev–Trinajstić information content (AvgIpc) is 2.96. The molecule has 11 heteroatoms. The van der Waals surface area contributed by atoms with Crippen molar-refractivity contribution in [1.29, 1.82) is 0 Å². The zero-order chi connectivity index (χ0) is 28.7. The molecule has 212 valence electrons. The molecule has 0 saturated carbocycles. The number of fused-ring (bicyclic) bond motifs is 1. The van der Waals surface area contributed by atoms with Crippen molar-refractivity contribution < 1.29 is 27.5 Å². The van der Waals surface area contributed by atoms with E-state index in [9.17, 15) is 18.0 Å². The summed E-state index contributed by atoms with van der Waals surface area (Å²) in [7, 11) is -4.05. The Balaban J connectivity index is 1.48. The number of hydrogen-bond donors (Lipinski definition) is 1. The minimum Gasteiger partial charge on any atom is -0.492 e. The molecule has 2 amide bonds. The smallest absolute Gasteiger partial charge is 0.262 e. The SMILES string of the molecule is CCOc1ccc(S(=O)(=O)N(CC)CC(=O)N2C[C@H](C(=O)NCCc3ccccc3)Oc3ccccc32)cc1Cl. The van der Waals surface area contributed by atoms with E-state index in [0.29, 0.717) is 36.8 Å². The second-order valence-electron chi connectivity index (χ2n) is 9.06. The molecule has 40 heavy (non-hydrogen) atoms. The van der Waals surface area contributed by atoms with Gasteiger partial charge in [0.25, 0.3) is 5.91 Å². The lowest BCUT2D eigenvalue weighted by Gasteiger charge is -2.35. The largest absolute Gasteiger partial charge is 0.492 e. The molecule has 4 rings (SSSR count). The molecule has 3 aromatic carbocycles. The number of halogens is 1. The van der Waals surface area contributed by atoms with Gasteiger partial charge in [-0.3, -0.25) is 9.59 Å². The number of nitrogens with zero attached hydrogens (tertiary/aromatic N) is 2. The van der Waals surface area contributed by atoms with Crippen molar-refractivity contribution in [2.45, 2.75) is 31.3 Å². The molecule has 0 saturated heterocycles. The van der Waals surface area contributed by atoms with Crippen LogP contribution in [0.4, 0.5) is 5.69 Å². The third-order valence-electron chi connectivity index (χ3n) is 6.43. The summed E-state index contributed by atoms with van der Waals surface area (Å²) < 4.78 is 39.2. The molecule has 0 aromatic heterocycles. The van der Waals surface area contributed by atoms with Crippen LogP contribution in [0.2, 0.25) is 5.02 Å². The number of anilines is 1. The zero-order valence-electron chi connectivity index (χ0n) is 22.4. The minimum absolute atomic E-state index is 0.0475. The number of nitrogens with one attached hydrogen (secondary N) is 1. The van der Waals surface area contributed by atoms with E-state index in [0.717, 1.165) is 9.87 Å². The van der Waals surface area contributed by atoms with Crippen LogP contribution >= 0.6 is 11.6 Å². The molecule has 0 fully saturated rings. The summed E-state index contributed by atoms with van der Waals surface area (Å²) in [4.78, 5) is 27.9. The van der Waals surface area contributed by atoms with Crippen LogP contribution in [0.3, 0.4) is 0 Å². The summed E-state index contributed by atoms with van der Waals surface area (Å²) >= 11 is 6.23. The molecule has 1 aliphatic rings. The van der Waals surface area contributed by atoms with Gasteiger partial charge in [0.05, 0.1) is 35.3 Å². The molecule has 9 nitrogen and oxygen atoms in total. The van der Waals surface area contributed by atoms with Crippen LogP contribution in [0.25, 0.3) is 0 Å². The number of amides is 2. The van der Waals surface area contributed by atoms with Gasteiger partial charge in [-0.2, -0.15) is 4.31 Å². The van der Waals surface area contributed by atoms with Gasteiger partial charge in [0.1, 0.15) is 11.5 Å². The minimum atomic E-state index is -4.05. The molecule has 1 N–H and O–H groups in total. The van der Waals surface area contributed by atoms with Crippen molar-refractivity contribution in [3.63, 3.8) is 0 Å². The van der Waals surface area contributed by atoms with Gasteiger partial charge in [-0.15, -0.1) is 0 Å². The molecule has 0 aliphatic carbocycles. The maximum Gasteiger partial charge on any atom is 0.262 e. The quantitative estimate of drug-likeness (QED) is 0.366. The number of benzene rings is 3. The molecular formula is C29H32ClN3O6S. The first-order valence-electron chi connectivity index (χ1n) is 13.0. The fraction of sp³-hybridized carbons (Fsp3) is 0.310. The Kier molecular flexibility index (Phi) is 9.67. The highest BCUT2D eigenvalue weighted by Gasteiger charge is 2.36. The molecule has 0 radical (unpaired) electrons. The van der Waals surface area contributed by atoms with Gasteiger partial charge < -0.3 is 19.7 Å². The van der Waals surface area contributed by atoms with Gasteiger partial charge >= 0.3 is 0 Å². The van der Waals surface area contributed by atoms with E-state index in [4.69, 9.17) is 21.1 Å². The monoisotopic (exact) mass is 585 g/mol. The van der Waals surface area contributed by atoms with Gasteiger partial charge in [0.15, 0.2) is 6.10 Å². The highest BCUT2D eigenvalue weighted by molar-refractivity contribution is 7.89. The normalized spacial score (nSPS) is 14.8. The molecule has 0 unspecified atom stereocenters. The third kappa shape index (κ3) is 6.75. The Labute approximate surface area is 239 Å². The molecule has 1 heterocycles. The molecule has 1 atom stereocenters. The van der Waals surface area contributed by atoms with Crippen molar-refractivity contribution in [1.82, 2.24) is 9.62 Å². The van der Waals surface area contributed by atoms with E-state index in [1.54, 1.807) is 38.1 Å². The number of ether oxygens (including phenoxy) is 2. The highest BCUT2D eigenvalue weighted by Crippen LogP contribution is 2.34. The summed E-state index contributed by atoms with van der Waals surface area (Å²) in [6.07, 6.45) is -0.302. The maximum atomic E-state index is 13.6. The van der Waals surface area contributed by atoms with Crippen LogP contribution < -0.4 is 19.7 Å². The van der Waals surface area contributed by atoms with E-state index in [1.807, 2.05) is 30.3 Å². The number of para-hydroxylation sites is 2. The Hall–Kier alpha value is -3.60. The molecular weight excluding hydrogens is 554 g/mol. The van der Waals surface area contributed by atoms with Crippen molar-refractivity contribution >= 4 is 39.1 Å². The second kappa shape index (κ2) is 13.2. The Bertz CT molecular complexity index is 1450. The molecule has 0 spiro atoms. The molecule has 1 aliphatic heterocycles. The number of hydrogen-bond acceptors (Lipinski definition) is 6. The van der Waals surface area contributed by atoms with E-state index in [1.165, 1.54) is 23.1 Å². The first kappa shape index (κ1) is 29.4. The van der Waals surface area contributed by atoms with Crippen molar-refractivity contribution in [2.75, 3.05) is 37.7 Å². The van der Waals surface area contributed by atoms with Gasteiger partial charge in [-0.05, 0) is 49.2 Å². The van der Waals surface area contributed by atoms with E-state index in [2.05, 4.69) is 5.32 Å². The highest BCUT2D eigenvalue weighted by atomic mass is 35.5. The van der Waals surface area contributed by atoms with Crippen molar-refractivity contribution in [2.24, 2.45) is 0 Å². The fourth-order valence-electron chi connectivity index (χ4n) is 4.36. The second-order valence-corrected chi connectivity index (χ2v) is 11.4. The first-order chi connectivity index (χ1) is 19.2. The summed E-state index contributed by atoms with van der Waals surface area (Å²) in [6, 6.07) is 20.8. The fourth-order valence-corrected chi connectivity index (χ4v) is 6.09. The predicted octanol–water partition coefficient (Wildman–Crippen LogP) is 3.90. The number of sulfonamides is 1. The summed E-state index contributed by atoms with van der Waals surface area (Å²) in [5, 5.41) is 3.04. The third-order valence-corrected chi connectivity index (χ3v) is 8.64. The Morgan fingerprint density at radius 3 is 2.50 bits per heavy atom. The maximum absolute atomic E-state index is 13.6. The summed E-state index contributed by atoms with van der Waals surface area (Å²) in [5.41, 5.74) is 1.56.